The van der Waals surface area contributed by atoms with Gasteiger partial charge in [0.05, 0.1) is 4.92 Å². The van der Waals surface area contributed by atoms with Gasteiger partial charge in [0, 0.05) is 19.2 Å². The average molecular weight is 263 g/mol. The molecular formula is C14H21N3O2. The second-order valence-corrected chi connectivity index (χ2v) is 5.27. The van der Waals surface area contributed by atoms with Crippen molar-refractivity contribution < 1.29 is 4.92 Å². The van der Waals surface area contributed by atoms with E-state index in [2.05, 4.69) is 11.8 Å². The fourth-order valence-corrected chi connectivity index (χ4v) is 2.45. The Morgan fingerprint density at radius 1 is 1.47 bits per heavy atom. The number of anilines is 1. The Morgan fingerprint density at radius 2 is 2.21 bits per heavy atom. The maximum absolute atomic E-state index is 10.9. The van der Waals surface area contributed by atoms with E-state index in [9.17, 15) is 10.1 Å². The van der Waals surface area contributed by atoms with Crippen LogP contribution in [0.3, 0.4) is 0 Å². The molecule has 0 amide bonds. The number of nitrogens with zero attached hydrogens (tertiary/aromatic N) is 2. The lowest BCUT2D eigenvalue weighted by Gasteiger charge is -2.31. The van der Waals surface area contributed by atoms with E-state index in [1.54, 1.807) is 12.1 Å². The molecule has 5 heteroatoms. The van der Waals surface area contributed by atoms with E-state index in [0.29, 0.717) is 0 Å². The van der Waals surface area contributed by atoms with Gasteiger partial charge in [-0.3, -0.25) is 15.0 Å². The highest BCUT2D eigenvalue weighted by Gasteiger charge is 2.20. The van der Waals surface area contributed by atoms with Gasteiger partial charge in [-0.1, -0.05) is 19.4 Å². The van der Waals surface area contributed by atoms with Crippen LogP contribution in [-0.4, -0.2) is 22.9 Å². The van der Waals surface area contributed by atoms with Gasteiger partial charge in [0.25, 0.3) is 5.69 Å². The van der Waals surface area contributed by atoms with Gasteiger partial charge < -0.3 is 5.73 Å². The summed E-state index contributed by atoms with van der Waals surface area (Å²) >= 11 is 0. The normalized spacial score (nSPS) is 15.5. The Morgan fingerprint density at radius 3 is 2.74 bits per heavy atom. The Hall–Kier alpha value is -1.62. The number of hydrogen-bond acceptors (Lipinski definition) is 4. The van der Waals surface area contributed by atoms with E-state index in [1.807, 2.05) is 6.07 Å². The molecule has 0 unspecified atom stereocenters. The lowest BCUT2D eigenvalue weighted by Crippen LogP contribution is -2.32. The van der Waals surface area contributed by atoms with E-state index >= 15 is 0 Å². The van der Waals surface area contributed by atoms with E-state index in [-0.39, 0.29) is 11.4 Å². The van der Waals surface area contributed by atoms with Crippen molar-refractivity contribution in [1.29, 1.82) is 0 Å². The maximum atomic E-state index is 10.9. The first-order valence-corrected chi connectivity index (χ1v) is 6.85. The molecule has 0 spiro atoms. The third kappa shape index (κ3) is 3.44. The molecule has 2 rings (SSSR count). The van der Waals surface area contributed by atoms with Crippen molar-refractivity contribution in [2.24, 2.45) is 5.92 Å². The average Bonchev–Trinajstić information content (AvgIpc) is 2.33. The van der Waals surface area contributed by atoms with Gasteiger partial charge in [-0.25, -0.2) is 0 Å². The first kappa shape index (κ1) is 13.8. The number of nitrogen functional groups attached to an aromatic ring is 1. The fourth-order valence-electron chi connectivity index (χ4n) is 2.45. The van der Waals surface area contributed by atoms with Crippen molar-refractivity contribution >= 4 is 11.4 Å². The zero-order chi connectivity index (χ0) is 13.8. The number of hydrogen-bond donors (Lipinski definition) is 1. The summed E-state index contributed by atoms with van der Waals surface area (Å²) in [6.45, 7) is 4.95. The molecule has 2 N–H and O–H groups in total. The third-order valence-electron chi connectivity index (χ3n) is 3.89. The molecule has 1 aliphatic carbocycles. The SMILES string of the molecule is CCN(Cc1ccc(N)c([N+](=O)[O-])c1)CC1CCC1. The number of rotatable bonds is 6. The number of nitro groups is 1. The van der Waals surface area contributed by atoms with Gasteiger partial charge >= 0.3 is 0 Å². The minimum atomic E-state index is -0.416. The third-order valence-corrected chi connectivity index (χ3v) is 3.89. The van der Waals surface area contributed by atoms with Crippen LogP contribution in [-0.2, 0) is 6.54 Å². The van der Waals surface area contributed by atoms with Crippen molar-refractivity contribution in [1.82, 2.24) is 4.90 Å². The van der Waals surface area contributed by atoms with Gasteiger partial charge in [0.2, 0.25) is 0 Å². The zero-order valence-corrected chi connectivity index (χ0v) is 11.3. The molecule has 0 saturated heterocycles. The topological polar surface area (TPSA) is 72.4 Å². The molecule has 5 nitrogen and oxygen atoms in total. The first-order valence-electron chi connectivity index (χ1n) is 6.85. The summed E-state index contributed by atoms with van der Waals surface area (Å²) in [6, 6.07) is 5.11. The van der Waals surface area contributed by atoms with Gasteiger partial charge in [-0.15, -0.1) is 0 Å². The molecule has 0 aromatic heterocycles. The summed E-state index contributed by atoms with van der Waals surface area (Å²) in [6.07, 6.45) is 3.98. The molecule has 1 aliphatic rings. The lowest BCUT2D eigenvalue weighted by molar-refractivity contribution is -0.384. The Bertz CT molecular complexity index is 458. The second-order valence-electron chi connectivity index (χ2n) is 5.27. The predicted molar refractivity (Wildman–Crippen MR) is 75.8 cm³/mol. The summed E-state index contributed by atoms with van der Waals surface area (Å²) in [5.74, 6) is 0.809. The van der Waals surface area contributed by atoms with Crippen LogP contribution in [0.15, 0.2) is 18.2 Å². The van der Waals surface area contributed by atoms with Crippen molar-refractivity contribution in [2.75, 3.05) is 18.8 Å². The van der Waals surface area contributed by atoms with Crippen LogP contribution in [0.2, 0.25) is 0 Å². The molecule has 19 heavy (non-hydrogen) atoms. The van der Waals surface area contributed by atoms with Crippen molar-refractivity contribution in [3.05, 3.63) is 33.9 Å². The van der Waals surface area contributed by atoms with E-state index in [1.165, 1.54) is 19.3 Å². The van der Waals surface area contributed by atoms with Crippen LogP contribution < -0.4 is 5.73 Å². The molecule has 0 aliphatic heterocycles. The van der Waals surface area contributed by atoms with Crippen molar-refractivity contribution in [3.8, 4) is 0 Å². The fraction of sp³-hybridized carbons (Fsp3) is 0.571. The predicted octanol–water partition coefficient (Wildman–Crippen LogP) is 2.80. The Labute approximate surface area is 113 Å². The highest BCUT2D eigenvalue weighted by Crippen LogP contribution is 2.28. The molecule has 1 fully saturated rings. The molecule has 1 saturated carbocycles. The largest absolute Gasteiger partial charge is 0.393 e. The van der Waals surface area contributed by atoms with Crippen molar-refractivity contribution in [2.45, 2.75) is 32.7 Å². The van der Waals surface area contributed by atoms with E-state index in [0.717, 1.165) is 31.1 Å². The van der Waals surface area contributed by atoms with Crippen molar-refractivity contribution in [3.63, 3.8) is 0 Å². The van der Waals surface area contributed by atoms with Crippen LogP contribution in [0, 0.1) is 16.0 Å². The maximum Gasteiger partial charge on any atom is 0.292 e. The minimum absolute atomic E-state index is 0.0113. The standard InChI is InChI=1S/C14H21N3O2/c1-2-16(9-11-4-3-5-11)10-12-6-7-13(15)14(8-12)17(18)19/h6-8,11H,2-5,9-10,15H2,1H3. The molecule has 0 atom stereocenters. The molecular weight excluding hydrogens is 242 g/mol. The van der Waals surface area contributed by atoms with E-state index in [4.69, 9.17) is 5.73 Å². The van der Waals surface area contributed by atoms with Gasteiger partial charge in [-0.2, -0.15) is 0 Å². The van der Waals surface area contributed by atoms with E-state index < -0.39 is 4.92 Å². The smallest absolute Gasteiger partial charge is 0.292 e. The molecule has 1 aromatic rings. The summed E-state index contributed by atoms with van der Waals surface area (Å²) in [5, 5.41) is 10.9. The summed E-state index contributed by atoms with van der Waals surface area (Å²) in [5.41, 5.74) is 6.81. The second kappa shape index (κ2) is 6.02. The van der Waals surface area contributed by atoms with Crippen LogP contribution in [0.4, 0.5) is 11.4 Å². The quantitative estimate of drug-likeness (QED) is 0.486. The summed E-state index contributed by atoms with van der Waals surface area (Å²) in [4.78, 5) is 12.8. The lowest BCUT2D eigenvalue weighted by atomic mass is 9.85. The summed E-state index contributed by atoms with van der Waals surface area (Å²) in [7, 11) is 0. The monoisotopic (exact) mass is 263 g/mol. The Kier molecular flexibility index (Phi) is 4.37. The Balaban J connectivity index is 2.03. The van der Waals surface area contributed by atoms with Gasteiger partial charge in [0.15, 0.2) is 0 Å². The first-order chi connectivity index (χ1) is 9.10. The van der Waals surface area contributed by atoms with Crippen LogP contribution in [0.1, 0.15) is 31.7 Å². The highest BCUT2D eigenvalue weighted by molar-refractivity contribution is 5.59. The number of benzene rings is 1. The van der Waals surface area contributed by atoms with Gasteiger partial charge in [0.1, 0.15) is 5.69 Å². The summed E-state index contributed by atoms with van der Waals surface area (Å²) < 4.78 is 0. The molecule has 0 heterocycles. The molecule has 1 aromatic carbocycles. The zero-order valence-electron chi connectivity index (χ0n) is 11.3. The number of nitro benzene ring substituents is 1. The van der Waals surface area contributed by atoms with Crippen LogP contribution in [0.25, 0.3) is 0 Å². The number of nitrogens with two attached hydrogens (primary N) is 1. The minimum Gasteiger partial charge on any atom is -0.393 e. The molecule has 0 radical (unpaired) electrons. The van der Waals surface area contributed by atoms with Crippen LogP contribution in [0.5, 0.6) is 0 Å². The highest BCUT2D eigenvalue weighted by atomic mass is 16.6. The van der Waals surface area contributed by atoms with Crippen LogP contribution >= 0.6 is 0 Å². The molecule has 104 valence electrons. The van der Waals surface area contributed by atoms with Gasteiger partial charge in [-0.05, 0) is 36.9 Å². The molecule has 0 bridgehead atoms.